The average Bonchev–Trinajstić information content (AvgIpc) is 2.34. The highest BCUT2D eigenvalue weighted by atomic mass is 16.5. The third kappa shape index (κ3) is 3.44. The second-order valence-electron chi connectivity index (χ2n) is 6.51. The molecular weight excluding hydrogens is 254 g/mol. The number of aliphatic hydroxyl groups is 1. The van der Waals surface area contributed by atoms with E-state index >= 15 is 0 Å². The fourth-order valence-corrected chi connectivity index (χ4v) is 2.32. The van der Waals surface area contributed by atoms with Crippen LogP contribution in [0, 0.1) is 0 Å². The molecule has 0 aliphatic carbocycles. The van der Waals surface area contributed by atoms with Crippen LogP contribution in [0.1, 0.15) is 52.1 Å². The van der Waals surface area contributed by atoms with Crippen LogP contribution in [0.25, 0.3) is 0 Å². The van der Waals surface area contributed by atoms with Gasteiger partial charge in [0.15, 0.2) is 0 Å². The normalized spacial score (nSPS) is 23.4. The lowest BCUT2D eigenvalue weighted by atomic mass is 9.90. The van der Waals surface area contributed by atoms with Gasteiger partial charge in [-0.1, -0.05) is 13.0 Å². The van der Waals surface area contributed by atoms with Crippen molar-refractivity contribution < 1.29 is 14.6 Å². The summed E-state index contributed by atoms with van der Waals surface area (Å²) in [6.45, 7) is 8.02. The van der Waals surface area contributed by atoms with Crippen LogP contribution in [0.5, 0.6) is 11.5 Å². The van der Waals surface area contributed by atoms with Crippen LogP contribution in [0.4, 0.5) is 0 Å². The molecule has 3 N–H and O–H groups in total. The average molecular weight is 279 g/mol. The zero-order valence-corrected chi connectivity index (χ0v) is 12.8. The van der Waals surface area contributed by atoms with Gasteiger partial charge in [-0.25, -0.2) is 0 Å². The van der Waals surface area contributed by atoms with Crippen molar-refractivity contribution in [3.63, 3.8) is 0 Å². The minimum atomic E-state index is -0.813. The van der Waals surface area contributed by atoms with Crippen molar-refractivity contribution in [1.29, 1.82) is 0 Å². The van der Waals surface area contributed by atoms with Gasteiger partial charge in [-0.3, -0.25) is 0 Å². The van der Waals surface area contributed by atoms with Gasteiger partial charge in [0.2, 0.25) is 0 Å². The molecule has 20 heavy (non-hydrogen) atoms. The molecule has 0 saturated heterocycles. The van der Waals surface area contributed by atoms with Crippen LogP contribution in [-0.2, 0) is 0 Å². The van der Waals surface area contributed by atoms with E-state index in [9.17, 15) is 5.11 Å². The summed E-state index contributed by atoms with van der Waals surface area (Å²) in [6, 6.07) is 5.68. The van der Waals surface area contributed by atoms with Crippen LogP contribution in [0.3, 0.4) is 0 Å². The van der Waals surface area contributed by atoms with E-state index in [1.54, 1.807) is 6.92 Å². The largest absolute Gasteiger partial charge is 0.490 e. The molecule has 0 bridgehead atoms. The first-order chi connectivity index (χ1) is 9.22. The molecule has 1 aliphatic heterocycles. The summed E-state index contributed by atoms with van der Waals surface area (Å²) in [6.07, 6.45) is 1.44. The predicted octanol–water partition coefficient (Wildman–Crippen LogP) is 2.79. The lowest BCUT2D eigenvalue weighted by Gasteiger charge is -2.36. The van der Waals surface area contributed by atoms with Crippen molar-refractivity contribution >= 4 is 0 Å². The first kappa shape index (κ1) is 15.1. The fourth-order valence-electron chi connectivity index (χ4n) is 2.32. The molecule has 2 rings (SSSR count). The number of hydrogen-bond donors (Lipinski definition) is 2. The van der Waals surface area contributed by atoms with Gasteiger partial charge in [0.1, 0.15) is 23.7 Å². The van der Waals surface area contributed by atoms with Crippen LogP contribution in [0.15, 0.2) is 18.2 Å². The Bertz CT molecular complexity index is 483. The third-order valence-electron chi connectivity index (χ3n) is 3.79. The van der Waals surface area contributed by atoms with Crippen LogP contribution in [0.2, 0.25) is 0 Å². The Kier molecular flexibility index (Phi) is 3.98. The Labute approximate surface area is 120 Å². The van der Waals surface area contributed by atoms with E-state index in [4.69, 9.17) is 15.2 Å². The number of rotatable bonds is 4. The number of fused-ring (bicyclic) bond motifs is 1. The maximum Gasteiger partial charge on any atom is 0.128 e. The molecule has 0 radical (unpaired) electrons. The van der Waals surface area contributed by atoms with Crippen molar-refractivity contribution in [2.75, 3.05) is 6.61 Å². The topological polar surface area (TPSA) is 64.7 Å². The molecule has 0 aromatic heterocycles. The van der Waals surface area contributed by atoms with E-state index in [0.29, 0.717) is 12.2 Å². The van der Waals surface area contributed by atoms with E-state index in [2.05, 4.69) is 0 Å². The van der Waals surface area contributed by atoms with Crippen LogP contribution >= 0.6 is 0 Å². The van der Waals surface area contributed by atoms with Gasteiger partial charge in [0, 0.05) is 24.1 Å². The quantitative estimate of drug-likeness (QED) is 0.889. The molecule has 1 aromatic rings. The van der Waals surface area contributed by atoms with E-state index < -0.39 is 5.60 Å². The van der Waals surface area contributed by atoms with Crippen molar-refractivity contribution in [2.45, 2.75) is 57.8 Å². The van der Waals surface area contributed by atoms with Crippen LogP contribution < -0.4 is 15.2 Å². The molecule has 2 unspecified atom stereocenters. The minimum Gasteiger partial charge on any atom is -0.490 e. The number of ether oxygens (including phenoxy) is 2. The molecule has 0 fully saturated rings. The highest BCUT2D eigenvalue weighted by molar-refractivity contribution is 5.44. The van der Waals surface area contributed by atoms with Crippen molar-refractivity contribution in [2.24, 2.45) is 5.73 Å². The lowest BCUT2D eigenvalue weighted by Crippen LogP contribution is -2.37. The Morgan fingerprint density at radius 1 is 1.50 bits per heavy atom. The highest BCUT2D eigenvalue weighted by Gasteiger charge is 2.32. The second-order valence-corrected chi connectivity index (χ2v) is 6.51. The zero-order chi connectivity index (χ0) is 15.0. The minimum absolute atomic E-state index is 0.0125. The number of nitrogens with two attached hydrogens (primary N) is 1. The second kappa shape index (κ2) is 5.26. The van der Waals surface area contributed by atoms with Crippen molar-refractivity contribution in [1.82, 2.24) is 0 Å². The first-order valence-corrected chi connectivity index (χ1v) is 7.16. The smallest absolute Gasteiger partial charge is 0.128 e. The maximum atomic E-state index is 9.97. The molecular formula is C16H25NO3. The third-order valence-corrected chi connectivity index (χ3v) is 3.79. The van der Waals surface area contributed by atoms with Gasteiger partial charge in [-0.05, 0) is 33.3 Å². The monoisotopic (exact) mass is 279 g/mol. The molecule has 1 aromatic carbocycles. The van der Waals surface area contributed by atoms with E-state index in [1.807, 2.05) is 39.0 Å². The molecule has 0 amide bonds. The molecule has 1 heterocycles. The zero-order valence-electron chi connectivity index (χ0n) is 12.8. The van der Waals surface area contributed by atoms with E-state index in [0.717, 1.165) is 17.7 Å². The van der Waals surface area contributed by atoms with Gasteiger partial charge < -0.3 is 20.3 Å². The summed E-state index contributed by atoms with van der Waals surface area (Å²) in [5.74, 6) is 1.48. The molecule has 0 saturated carbocycles. The van der Waals surface area contributed by atoms with Crippen molar-refractivity contribution in [3.8, 4) is 11.5 Å². The molecule has 4 nitrogen and oxygen atoms in total. The molecule has 112 valence electrons. The Balaban J connectivity index is 2.15. The predicted molar refractivity (Wildman–Crippen MR) is 79.1 cm³/mol. The van der Waals surface area contributed by atoms with Gasteiger partial charge in [-0.2, -0.15) is 0 Å². The first-order valence-electron chi connectivity index (χ1n) is 7.16. The number of benzene rings is 1. The Hall–Kier alpha value is -1.26. The summed E-state index contributed by atoms with van der Waals surface area (Å²) < 4.78 is 11.6. The van der Waals surface area contributed by atoms with Crippen molar-refractivity contribution in [3.05, 3.63) is 23.8 Å². The molecule has 0 spiro atoms. The fraction of sp³-hybridized carbons (Fsp3) is 0.625. The van der Waals surface area contributed by atoms with Crippen LogP contribution in [-0.4, -0.2) is 22.9 Å². The number of hydrogen-bond acceptors (Lipinski definition) is 4. The Morgan fingerprint density at radius 3 is 2.85 bits per heavy atom. The summed E-state index contributed by atoms with van der Waals surface area (Å²) in [5.41, 5.74) is 6.11. The van der Waals surface area contributed by atoms with Gasteiger partial charge >= 0.3 is 0 Å². The molecule has 1 aliphatic rings. The summed E-state index contributed by atoms with van der Waals surface area (Å²) in [7, 11) is 0. The summed E-state index contributed by atoms with van der Waals surface area (Å²) in [5, 5.41) is 9.97. The van der Waals surface area contributed by atoms with Gasteiger partial charge in [-0.15, -0.1) is 0 Å². The van der Waals surface area contributed by atoms with E-state index in [-0.39, 0.29) is 18.2 Å². The van der Waals surface area contributed by atoms with Gasteiger partial charge in [0.05, 0.1) is 5.60 Å². The standard InChI is InChI=1S/C16H25NO3/c1-5-16(4,18)10-19-11-6-7-12-13(17)9-15(2,3)20-14(12)8-11/h6-8,13,18H,5,9-10,17H2,1-4H3. The molecule has 2 atom stereocenters. The molecule has 4 heteroatoms. The SMILES string of the molecule is CCC(C)(O)COc1ccc2c(c1)OC(C)(C)CC2N. The summed E-state index contributed by atoms with van der Waals surface area (Å²) >= 11 is 0. The maximum absolute atomic E-state index is 9.97. The van der Waals surface area contributed by atoms with E-state index in [1.165, 1.54) is 0 Å². The highest BCUT2D eigenvalue weighted by Crippen LogP contribution is 2.40. The summed E-state index contributed by atoms with van der Waals surface area (Å²) in [4.78, 5) is 0. The lowest BCUT2D eigenvalue weighted by molar-refractivity contribution is 0.00806. The Morgan fingerprint density at radius 2 is 2.20 bits per heavy atom. The van der Waals surface area contributed by atoms with Gasteiger partial charge in [0.25, 0.3) is 0 Å².